The molecule has 1 amide bonds. The molecule has 1 fully saturated rings. The Balaban J connectivity index is 1.05. The zero-order chi connectivity index (χ0) is 35.6. The fraction of sp³-hybridized carbons (Fsp3) is 0.326. The van der Waals surface area contributed by atoms with E-state index in [0.717, 1.165) is 16.7 Å². The number of rotatable bonds is 11. The van der Waals surface area contributed by atoms with Crippen molar-refractivity contribution in [3.05, 3.63) is 166 Å². The van der Waals surface area contributed by atoms with Gasteiger partial charge in [0, 0.05) is 23.0 Å². The second-order valence-corrected chi connectivity index (χ2v) is 14.6. The molecule has 0 saturated heterocycles. The van der Waals surface area contributed by atoms with Crippen molar-refractivity contribution < 1.29 is 14.4 Å². The molecule has 5 aromatic rings. The lowest BCUT2D eigenvalue weighted by Gasteiger charge is -2.37. The average Bonchev–Trinajstić information content (AvgIpc) is 3.52. The Bertz CT molecular complexity index is 1860. The van der Waals surface area contributed by atoms with Gasteiger partial charge in [-0.2, -0.15) is 5.48 Å². The SMILES string of the molecule is O=C(NCCONC(c1ccccc1)(c1ccc(C2CCCCCCCCC2)cc1)c1ccccc1Cl)OCC1c2ccccc2-c2ccccc21. The molecule has 5 nitrogen and oxygen atoms in total. The van der Waals surface area contributed by atoms with E-state index in [0.29, 0.717) is 10.9 Å². The summed E-state index contributed by atoms with van der Waals surface area (Å²) in [5.74, 6) is 0.581. The first-order valence-corrected chi connectivity index (χ1v) is 19.4. The summed E-state index contributed by atoms with van der Waals surface area (Å²) in [6.45, 7) is 0.737. The molecule has 6 heteroatoms. The van der Waals surface area contributed by atoms with Crippen molar-refractivity contribution >= 4 is 17.7 Å². The van der Waals surface area contributed by atoms with Crippen LogP contribution in [0.1, 0.15) is 103 Å². The number of halogens is 1. The molecule has 0 spiro atoms. The van der Waals surface area contributed by atoms with E-state index in [1.165, 1.54) is 85.6 Å². The molecule has 7 rings (SSSR count). The van der Waals surface area contributed by atoms with Gasteiger partial charge in [0.25, 0.3) is 0 Å². The Morgan fingerprint density at radius 3 is 1.87 bits per heavy atom. The van der Waals surface area contributed by atoms with Crippen LogP contribution in [0.5, 0.6) is 0 Å². The van der Waals surface area contributed by atoms with Crippen molar-refractivity contribution in [2.24, 2.45) is 0 Å². The minimum absolute atomic E-state index is 0.00525. The molecular weight excluding hydrogens is 664 g/mol. The topological polar surface area (TPSA) is 59.6 Å². The van der Waals surface area contributed by atoms with Crippen LogP contribution in [-0.2, 0) is 15.1 Å². The zero-order valence-corrected chi connectivity index (χ0v) is 30.6. The number of carbonyl (C=O) groups is 1. The minimum atomic E-state index is -0.905. The third-order valence-electron chi connectivity index (χ3n) is 10.9. The van der Waals surface area contributed by atoms with Crippen LogP contribution < -0.4 is 10.8 Å². The van der Waals surface area contributed by atoms with Crippen LogP contribution in [-0.4, -0.2) is 25.9 Å². The highest BCUT2D eigenvalue weighted by Gasteiger charge is 2.39. The molecule has 0 aliphatic heterocycles. The first-order chi connectivity index (χ1) is 25.6. The lowest BCUT2D eigenvalue weighted by molar-refractivity contribution is 0.00239. The van der Waals surface area contributed by atoms with E-state index >= 15 is 0 Å². The maximum atomic E-state index is 12.9. The lowest BCUT2D eigenvalue weighted by Crippen LogP contribution is -2.46. The second kappa shape index (κ2) is 17.4. The lowest BCUT2D eigenvalue weighted by atomic mass is 9.76. The summed E-state index contributed by atoms with van der Waals surface area (Å²) >= 11 is 6.99. The largest absolute Gasteiger partial charge is 0.449 e. The van der Waals surface area contributed by atoms with Crippen LogP contribution in [0.2, 0.25) is 5.02 Å². The number of alkyl carbamates (subject to hydrolysis) is 1. The number of hydrogen-bond acceptors (Lipinski definition) is 4. The van der Waals surface area contributed by atoms with Gasteiger partial charge in [0.15, 0.2) is 0 Å². The fourth-order valence-corrected chi connectivity index (χ4v) is 8.54. The van der Waals surface area contributed by atoms with Crippen LogP contribution >= 0.6 is 11.6 Å². The van der Waals surface area contributed by atoms with E-state index < -0.39 is 11.6 Å². The predicted molar refractivity (Wildman–Crippen MR) is 211 cm³/mol. The number of fused-ring (bicyclic) bond motifs is 3. The summed E-state index contributed by atoms with van der Waals surface area (Å²) in [7, 11) is 0. The van der Waals surface area contributed by atoms with Gasteiger partial charge in [0.1, 0.15) is 12.1 Å². The third-order valence-corrected chi connectivity index (χ3v) is 11.3. The first-order valence-electron chi connectivity index (χ1n) is 19.0. The molecule has 2 N–H and O–H groups in total. The number of amides is 1. The Kier molecular flexibility index (Phi) is 12.0. The van der Waals surface area contributed by atoms with E-state index in [4.69, 9.17) is 21.2 Å². The van der Waals surface area contributed by atoms with Crippen molar-refractivity contribution in [1.29, 1.82) is 0 Å². The molecule has 1 saturated carbocycles. The van der Waals surface area contributed by atoms with Crippen molar-refractivity contribution in [3.8, 4) is 11.1 Å². The zero-order valence-electron chi connectivity index (χ0n) is 29.9. The number of hydroxylamine groups is 1. The first kappa shape index (κ1) is 36.0. The van der Waals surface area contributed by atoms with Gasteiger partial charge in [-0.1, -0.05) is 178 Å². The minimum Gasteiger partial charge on any atom is -0.449 e. The Hall–Kier alpha value is -4.42. The monoisotopic (exact) mass is 712 g/mol. The number of nitrogens with one attached hydrogen (secondary N) is 2. The van der Waals surface area contributed by atoms with Crippen molar-refractivity contribution in [1.82, 2.24) is 10.8 Å². The van der Waals surface area contributed by atoms with Crippen molar-refractivity contribution in [2.45, 2.75) is 75.2 Å². The molecule has 0 bridgehead atoms. The van der Waals surface area contributed by atoms with Gasteiger partial charge in [-0.3, -0.25) is 4.84 Å². The maximum absolute atomic E-state index is 12.9. The van der Waals surface area contributed by atoms with Crippen molar-refractivity contribution in [2.75, 3.05) is 19.8 Å². The van der Waals surface area contributed by atoms with Crippen LogP contribution in [0.15, 0.2) is 127 Å². The van der Waals surface area contributed by atoms with Gasteiger partial charge in [-0.05, 0) is 63.8 Å². The summed E-state index contributed by atoms with van der Waals surface area (Å²) in [5, 5.41) is 3.52. The molecule has 0 aromatic heterocycles. The van der Waals surface area contributed by atoms with Gasteiger partial charge < -0.3 is 10.1 Å². The normalized spacial score (nSPS) is 16.3. The highest BCUT2D eigenvalue weighted by molar-refractivity contribution is 6.31. The quantitative estimate of drug-likeness (QED) is 0.0813. The molecule has 268 valence electrons. The predicted octanol–water partition coefficient (Wildman–Crippen LogP) is 11.3. The molecule has 5 aromatic carbocycles. The molecule has 0 heterocycles. The Morgan fingerprint density at radius 2 is 1.21 bits per heavy atom. The van der Waals surface area contributed by atoms with Gasteiger partial charge >= 0.3 is 6.09 Å². The van der Waals surface area contributed by atoms with E-state index in [1.54, 1.807) is 0 Å². The molecule has 1 unspecified atom stereocenters. The van der Waals surface area contributed by atoms with Crippen LogP contribution in [0, 0.1) is 0 Å². The van der Waals surface area contributed by atoms with Gasteiger partial charge in [0.05, 0.1) is 6.61 Å². The van der Waals surface area contributed by atoms with Crippen molar-refractivity contribution in [3.63, 3.8) is 0 Å². The van der Waals surface area contributed by atoms with E-state index in [1.807, 2.05) is 60.7 Å². The highest BCUT2D eigenvalue weighted by atomic mass is 35.5. The van der Waals surface area contributed by atoms with Gasteiger partial charge in [-0.15, -0.1) is 0 Å². The molecule has 2 aliphatic rings. The summed E-state index contributed by atoms with van der Waals surface area (Å²) in [6, 6.07) is 44.0. The Labute approximate surface area is 313 Å². The highest BCUT2D eigenvalue weighted by Crippen LogP contribution is 2.45. The van der Waals surface area contributed by atoms with Crippen LogP contribution in [0.3, 0.4) is 0 Å². The molecule has 52 heavy (non-hydrogen) atoms. The summed E-state index contributed by atoms with van der Waals surface area (Å²) in [4.78, 5) is 19.2. The van der Waals surface area contributed by atoms with E-state index in [9.17, 15) is 4.79 Å². The summed E-state index contributed by atoms with van der Waals surface area (Å²) in [6.07, 6.45) is 11.3. The molecule has 1 atom stereocenters. The van der Waals surface area contributed by atoms with Gasteiger partial charge in [0.2, 0.25) is 0 Å². The Morgan fingerprint density at radius 1 is 0.654 bits per heavy atom. The summed E-state index contributed by atoms with van der Waals surface area (Å²) in [5.41, 5.74) is 11.6. The van der Waals surface area contributed by atoms with E-state index in [-0.39, 0.29) is 25.7 Å². The summed E-state index contributed by atoms with van der Waals surface area (Å²) < 4.78 is 5.76. The molecule has 2 aliphatic carbocycles. The van der Waals surface area contributed by atoms with Crippen LogP contribution in [0.25, 0.3) is 11.1 Å². The standard InChI is InChI=1S/C46H49ClN2O3/c47-44-26-16-15-25-43(44)46(36-19-9-6-10-20-36,37-29-27-35(28-30-37)34-17-7-4-2-1-3-5-8-18-34)49-52-32-31-48-45(50)51-33-42-40-23-13-11-21-38(40)39-22-12-14-24-41(39)42/h6,9-16,19-30,34,42,49H,1-5,7-8,17-18,31-33H2,(H,48,50). The van der Waals surface area contributed by atoms with Gasteiger partial charge in [-0.25, -0.2) is 4.79 Å². The second-order valence-electron chi connectivity index (χ2n) is 14.2. The number of hydrogen-bond donors (Lipinski definition) is 2. The smallest absolute Gasteiger partial charge is 0.407 e. The third kappa shape index (κ3) is 7.97. The maximum Gasteiger partial charge on any atom is 0.407 e. The average molecular weight is 713 g/mol. The number of ether oxygens (including phenoxy) is 1. The number of benzene rings is 5. The number of carbonyl (C=O) groups excluding carboxylic acids is 1. The molecular formula is C46H49ClN2O3. The van der Waals surface area contributed by atoms with E-state index in [2.05, 4.69) is 77.5 Å². The molecule has 0 radical (unpaired) electrons. The fourth-order valence-electron chi connectivity index (χ4n) is 8.27. The van der Waals surface area contributed by atoms with Crippen LogP contribution in [0.4, 0.5) is 4.79 Å².